The Balaban J connectivity index is 0.00000280. The van der Waals surface area contributed by atoms with Crippen molar-refractivity contribution in [2.45, 2.75) is 32.8 Å². The molecule has 0 unspecified atom stereocenters. The second-order valence-corrected chi connectivity index (χ2v) is 8.41. The van der Waals surface area contributed by atoms with Crippen LogP contribution in [0.15, 0.2) is 4.99 Å². The number of aliphatic imine (C=N–C) groups is 1. The van der Waals surface area contributed by atoms with Gasteiger partial charge in [0.05, 0.1) is 12.2 Å². The fourth-order valence-electron chi connectivity index (χ4n) is 3.59. The van der Waals surface area contributed by atoms with Crippen molar-refractivity contribution in [1.29, 1.82) is 0 Å². The van der Waals surface area contributed by atoms with Crippen molar-refractivity contribution in [1.82, 2.24) is 24.5 Å². The Bertz CT molecular complexity index is 631. The summed E-state index contributed by atoms with van der Waals surface area (Å²) in [6, 6.07) is 0. The van der Waals surface area contributed by atoms with Crippen LogP contribution >= 0.6 is 35.5 Å². The zero-order valence-electron chi connectivity index (χ0n) is 17.5. The number of aromatic nitrogens is 2. The van der Waals surface area contributed by atoms with E-state index >= 15 is 0 Å². The van der Waals surface area contributed by atoms with Crippen LogP contribution in [0.25, 0.3) is 0 Å². The molecule has 0 aromatic carbocycles. The predicted octanol–water partition coefficient (Wildman–Crippen LogP) is 1.53. The standard InChI is InChI=1S/C18H33N7OS.HI/c1-5-15-21-17(27-22-15)25-10-8-24(9-11-25)16(19-4)20-6-7-23-12-13-26-18(2,3)14-23;/h5-14H2,1-4H3,(H,19,20);1H. The zero-order chi connectivity index (χ0) is 19.3. The molecule has 2 fully saturated rings. The number of aryl methyl sites for hydroxylation is 1. The van der Waals surface area contributed by atoms with Gasteiger partial charge in [0.15, 0.2) is 5.96 Å². The molecule has 160 valence electrons. The number of halogens is 1. The van der Waals surface area contributed by atoms with Crippen molar-refractivity contribution in [2.24, 2.45) is 4.99 Å². The van der Waals surface area contributed by atoms with E-state index in [2.05, 4.69) is 55.1 Å². The largest absolute Gasteiger partial charge is 0.373 e. The number of guanidine groups is 1. The van der Waals surface area contributed by atoms with Crippen LogP contribution in [-0.4, -0.2) is 96.7 Å². The molecule has 0 atom stereocenters. The van der Waals surface area contributed by atoms with E-state index in [1.54, 1.807) is 0 Å². The summed E-state index contributed by atoms with van der Waals surface area (Å²) in [7, 11) is 1.87. The minimum Gasteiger partial charge on any atom is -0.373 e. The lowest BCUT2D eigenvalue weighted by Crippen LogP contribution is -2.54. The molecule has 28 heavy (non-hydrogen) atoms. The number of hydrogen-bond acceptors (Lipinski definition) is 7. The molecule has 0 spiro atoms. The monoisotopic (exact) mass is 523 g/mol. The van der Waals surface area contributed by atoms with E-state index in [0.717, 1.165) is 82.3 Å². The average molecular weight is 523 g/mol. The molecule has 1 aromatic heterocycles. The summed E-state index contributed by atoms with van der Waals surface area (Å²) in [5.74, 6) is 1.94. The summed E-state index contributed by atoms with van der Waals surface area (Å²) in [5.41, 5.74) is -0.0431. The van der Waals surface area contributed by atoms with Crippen molar-refractivity contribution >= 4 is 46.6 Å². The molecule has 2 aliphatic rings. The van der Waals surface area contributed by atoms with Gasteiger partial charge in [0, 0.05) is 77.4 Å². The predicted molar refractivity (Wildman–Crippen MR) is 126 cm³/mol. The lowest BCUT2D eigenvalue weighted by molar-refractivity contribution is -0.0852. The maximum absolute atomic E-state index is 5.79. The first kappa shape index (κ1) is 23.6. The summed E-state index contributed by atoms with van der Waals surface area (Å²) in [6.07, 6.45) is 0.896. The summed E-state index contributed by atoms with van der Waals surface area (Å²) < 4.78 is 10.2. The van der Waals surface area contributed by atoms with Crippen LogP contribution < -0.4 is 10.2 Å². The summed E-state index contributed by atoms with van der Waals surface area (Å²) in [5, 5.41) is 4.58. The first-order chi connectivity index (χ1) is 13.0. The van der Waals surface area contributed by atoms with E-state index in [0.29, 0.717) is 0 Å². The molecule has 0 saturated carbocycles. The quantitative estimate of drug-likeness (QED) is 0.357. The van der Waals surface area contributed by atoms with Gasteiger partial charge in [0.2, 0.25) is 5.13 Å². The summed E-state index contributed by atoms with van der Waals surface area (Å²) in [6.45, 7) is 14.9. The maximum atomic E-state index is 5.79. The van der Waals surface area contributed by atoms with E-state index in [-0.39, 0.29) is 29.6 Å². The lowest BCUT2D eigenvalue weighted by Gasteiger charge is -2.39. The molecular formula is C18H34IN7OS. The molecular weight excluding hydrogens is 489 g/mol. The number of nitrogens with one attached hydrogen (secondary N) is 1. The Hall–Kier alpha value is -0.720. The Morgan fingerprint density at radius 1 is 1.25 bits per heavy atom. The van der Waals surface area contributed by atoms with Crippen LogP contribution in [0.5, 0.6) is 0 Å². The first-order valence-corrected chi connectivity index (χ1v) is 10.7. The molecule has 10 heteroatoms. The smallest absolute Gasteiger partial charge is 0.205 e. The highest BCUT2D eigenvalue weighted by atomic mass is 127. The summed E-state index contributed by atoms with van der Waals surface area (Å²) >= 11 is 1.51. The van der Waals surface area contributed by atoms with Crippen molar-refractivity contribution in [3.8, 4) is 0 Å². The number of anilines is 1. The van der Waals surface area contributed by atoms with E-state index in [1.807, 2.05) is 7.05 Å². The fraction of sp³-hybridized carbons (Fsp3) is 0.833. The number of rotatable bonds is 5. The Kier molecular flexibility index (Phi) is 9.16. The Labute approximate surface area is 189 Å². The number of piperazine rings is 1. The Morgan fingerprint density at radius 2 is 2.00 bits per heavy atom. The Morgan fingerprint density at radius 3 is 2.61 bits per heavy atom. The molecule has 8 nitrogen and oxygen atoms in total. The third kappa shape index (κ3) is 6.39. The average Bonchev–Trinajstić information content (AvgIpc) is 3.14. The van der Waals surface area contributed by atoms with Gasteiger partial charge in [-0.1, -0.05) is 6.92 Å². The lowest BCUT2D eigenvalue weighted by atomic mass is 10.1. The van der Waals surface area contributed by atoms with Crippen molar-refractivity contribution in [3.05, 3.63) is 5.82 Å². The minimum absolute atomic E-state index is 0. The molecule has 1 aromatic rings. The summed E-state index contributed by atoms with van der Waals surface area (Å²) in [4.78, 5) is 16.2. The van der Waals surface area contributed by atoms with Crippen LogP contribution in [0.2, 0.25) is 0 Å². The van der Waals surface area contributed by atoms with Crippen LogP contribution in [0, 0.1) is 0 Å². The SMILES string of the molecule is CCc1nsc(N2CCN(C(=NC)NCCN3CCOC(C)(C)C3)CC2)n1.I. The van der Waals surface area contributed by atoms with Gasteiger partial charge in [0.1, 0.15) is 5.82 Å². The molecule has 0 radical (unpaired) electrons. The van der Waals surface area contributed by atoms with Crippen LogP contribution in [0.4, 0.5) is 5.13 Å². The topological polar surface area (TPSA) is 69.1 Å². The number of ether oxygens (including phenoxy) is 1. The molecule has 3 rings (SSSR count). The molecule has 0 bridgehead atoms. The van der Waals surface area contributed by atoms with Gasteiger partial charge in [-0.05, 0) is 13.8 Å². The van der Waals surface area contributed by atoms with Gasteiger partial charge < -0.3 is 19.9 Å². The highest BCUT2D eigenvalue weighted by Crippen LogP contribution is 2.19. The van der Waals surface area contributed by atoms with Crippen LogP contribution in [0.1, 0.15) is 26.6 Å². The van der Waals surface area contributed by atoms with Crippen molar-refractivity contribution in [2.75, 3.05) is 70.9 Å². The molecule has 2 saturated heterocycles. The first-order valence-electron chi connectivity index (χ1n) is 9.90. The molecule has 2 aliphatic heterocycles. The zero-order valence-corrected chi connectivity index (χ0v) is 20.6. The van der Waals surface area contributed by atoms with Gasteiger partial charge in [-0.3, -0.25) is 9.89 Å². The molecule has 0 amide bonds. The van der Waals surface area contributed by atoms with Crippen molar-refractivity contribution in [3.63, 3.8) is 0 Å². The van der Waals surface area contributed by atoms with Crippen LogP contribution in [-0.2, 0) is 11.2 Å². The minimum atomic E-state index is -0.0431. The number of hydrogen-bond donors (Lipinski definition) is 1. The second-order valence-electron chi connectivity index (χ2n) is 7.68. The van der Waals surface area contributed by atoms with Gasteiger partial charge in [0.25, 0.3) is 0 Å². The number of nitrogens with zero attached hydrogens (tertiary/aromatic N) is 6. The van der Waals surface area contributed by atoms with Crippen molar-refractivity contribution < 1.29 is 4.74 Å². The van der Waals surface area contributed by atoms with E-state index in [1.165, 1.54) is 11.5 Å². The number of morpholine rings is 1. The highest BCUT2D eigenvalue weighted by molar-refractivity contribution is 14.0. The third-order valence-corrected chi connectivity index (χ3v) is 5.87. The maximum Gasteiger partial charge on any atom is 0.205 e. The molecule has 1 N–H and O–H groups in total. The van der Waals surface area contributed by atoms with Gasteiger partial charge in [-0.25, -0.2) is 4.98 Å². The normalized spacial score (nSPS) is 20.8. The van der Waals surface area contributed by atoms with Gasteiger partial charge in [-0.2, -0.15) is 4.37 Å². The van der Waals surface area contributed by atoms with Crippen LogP contribution in [0.3, 0.4) is 0 Å². The van der Waals surface area contributed by atoms with E-state index < -0.39 is 0 Å². The van der Waals surface area contributed by atoms with E-state index in [9.17, 15) is 0 Å². The van der Waals surface area contributed by atoms with E-state index in [4.69, 9.17) is 4.74 Å². The second kappa shape index (κ2) is 10.9. The van der Waals surface area contributed by atoms with Gasteiger partial charge in [-0.15, -0.1) is 24.0 Å². The third-order valence-electron chi connectivity index (χ3n) is 5.05. The van der Waals surface area contributed by atoms with Gasteiger partial charge >= 0.3 is 0 Å². The highest BCUT2D eigenvalue weighted by Gasteiger charge is 2.27. The molecule has 3 heterocycles. The molecule has 0 aliphatic carbocycles. The fourth-order valence-corrected chi connectivity index (χ4v) is 4.39.